The van der Waals surface area contributed by atoms with Gasteiger partial charge in [-0.2, -0.15) is 0 Å². The van der Waals surface area contributed by atoms with Crippen LogP contribution in [0.4, 0.5) is 0 Å². The standard InChI is InChI=1S/C44H42N4O/c1-43(2,3)34-26-35(41(49)36(27-34)44(4,5)6)42-47-40-38(48(42)7)19-21-46-39(40)33-23-31(29-16-12-9-13-17-29)22-32(24-33)37-25-30(18-20-45-37)28-14-10-8-11-15-28/h8-27,49H,1-7H3. The first-order valence-corrected chi connectivity index (χ1v) is 16.8. The van der Waals surface area contributed by atoms with E-state index in [0.29, 0.717) is 5.82 Å². The fraction of sp³-hybridized carbons (Fsp3) is 0.205. The first-order chi connectivity index (χ1) is 23.4. The lowest BCUT2D eigenvalue weighted by molar-refractivity contribution is 0.446. The topological polar surface area (TPSA) is 63.8 Å². The summed E-state index contributed by atoms with van der Waals surface area (Å²) in [6, 6.07) is 37.8. The number of aromatic nitrogens is 4. The van der Waals surface area contributed by atoms with E-state index in [1.807, 2.05) is 43.7 Å². The average Bonchev–Trinajstić information content (AvgIpc) is 3.44. The van der Waals surface area contributed by atoms with Crippen LogP contribution < -0.4 is 0 Å². The molecule has 5 nitrogen and oxygen atoms in total. The monoisotopic (exact) mass is 642 g/mol. The molecule has 0 aliphatic rings. The van der Waals surface area contributed by atoms with Gasteiger partial charge in [0.05, 0.1) is 22.5 Å². The molecule has 3 heterocycles. The molecule has 3 aromatic heterocycles. The highest BCUT2D eigenvalue weighted by molar-refractivity contribution is 5.94. The molecule has 0 spiro atoms. The van der Waals surface area contributed by atoms with Crippen molar-refractivity contribution >= 4 is 11.0 Å². The lowest BCUT2D eigenvalue weighted by Crippen LogP contribution is -2.17. The highest BCUT2D eigenvalue weighted by Gasteiger charge is 2.28. The van der Waals surface area contributed by atoms with Crippen LogP contribution in [-0.4, -0.2) is 24.6 Å². The third-order valence-corrected chi connectivity index (χ3v) is 9.30. The van der Waals surface area contributed by atoms with E-state index in [2.05, 4.69) is 131 Å². The highest BCUT2D eigenvalue weighted by Crippen LogP contribution is 2.43. The molecular formula is C44H42N4O. The molecule has 7 aromatic rings. The van der Waals surface area contributed by atoms with Gasteiger partial charge in [-0.15, -0.1) is 0 Å². The number of pyridine rings is 2. The maximum atomic E-state index is 11.8. The normalized spacial score (nSPS) is 12.1. The van der Waals surface area contributed by atoms with Crippen molar-refractivity contribution in [3.63, 3.8) is 0 Å². The van der Waals surface area contributed by atoms with Crippen LogP contribution in [0.3, 0.4) is 0 Å². The Morgan fingerprint density at radius 1 is 0.571 bits per heavy atom. The van der Waals surface area contributed by atoms with Crippen LogP contribution in [0.5, 0.6) is 5.75 Å². The molecule has 49 heavy (non-hydrogen) atoms. The minimum atomic E-state index is -0.252. The molecule has 0 unspecified atom stereocenters. The lowest BCUT2D eigenvalue weighted by Gasteiger charge is -2.27. The number of benzene rings is 4. The Bertz CT molecular complexity index is 2310. The fourth-order valence-corrected chi connectivity index (χ4v) is 6.49. The number of nitrogens with zero attached hydrogens (tertiary/aromatic N) is 4. The van der Waals surface area contributed by atoms with Crippen LogP contribution in [0, 0.1) is 0 Å². The number of hydrogen-bond donors (Lipinski definition) is 1. The van der Waals surface area contributed by atoms with Crippen molar-refractivity contribution < 1.29 is 5.11 Å². The molecule has 0 atom stereocenters. The lowest BCUT2D eigenvalue weighted by atomic mass is 9.79. The number of imidazole rings is 1. The van der Waals surface area contributed by atoms with Crippen molar-refractivity contribution in [3.05, 3.63) is 133 Å². The van der Waals surface area contributed by atoms with Crippen LogP contribution in [0.25, 0.3) is 67.2 Å². The molecule has 4 aromatic carbocycles. The Kier molecular flexibility index (Phi) is 7.95. The largest absolute Gasteiger partial charge is 0.507 e. The first kappa shape index (κ1) is 32.0. The van der Waals surface area contributed by atoms with E-state index < -0.39 is 0 Å². The van der Waals surface area contributed by atoms with Crippen molar-refractivity contribution in [1.29, 1.82) is 0 Å². The van der Waals surface area contributed by atoms with E-state index in [-0.39, 0.29) is 16.6 Å². The van der Waals surface area contributed by atoms with Gasteiger partial charge < -0.3 is 9.67 Å². The molecule has 0 aliphatic carbocycles. The minimum Gasteiger partial charge on any atom is -0.507 e. The van der Waals surface area contributed by atoms with E-state index in [9.17, 15) is 5.11 Å². The van der Waals surface area contributed by atoms with Crippen LogP contribution in [0.1, 0.15) is 52.7 Å². The molecule has 5 heteroatoms. The Balaban J connectivity index is 1.44. The van der Waals surface area contributed by atoms with E-state index in [1.165, 1.54) is 0 Å². The smallest absolute Gasteiger partial charge is 0.144 e. The van der Waals surface area contributed by atoms with Gasteiger partial charge in [-0.25, -0.2) is 4.98 Å². The summed E-state index contributed by atoms with van der Waals surface area (Å²) < 4.78 is 2.07. The van der Waals surface area contributed by atoms with Gasteiger partial charge in [0.1, 0.15) is 17.1 Å². The molecule has 0 radical (unpaired) electrons. The predicted octanol–water partition coefficient (Wildman–Crippen LogP) is 11.0. The minimum absolute atomic E-state index is 0.111. The summed E-state index contributed by atoms with van der Waals surface area (Å²) in [5.74, 6) is 0.973. The van der Waals surface area contributed by atoms with Gasteiger partial charge in [0.25, 0.3) is 0 Å². The summed E-state index contributed by atoms with van der Waals surface area (Å²) in [4.78, 5) is 15.0. The zero-order valence-electron chi connectivity index (χ0n) is 29.3. The van der Waals surface area contributed by atoms with Crippen LogP contribution in [0.15, 0.2) is 122 Å². The Morgan fingerprint density at radius 2 is 1.18 bits per heavy atom. The molecule has 0 saturated heterocycles. The molecule has 0 aliphatic heterocycles. The Hall–Kier alpha value is -5.55. The number of phenols is 1. The van der Waals surface area contributed by atoms with E-state index >= 15 is 0 Å². The second kappa shape index (κ2) is 12.2. The molecular weight excluding hydrogens is 601 g/mol. The van der Waals surface area contributed by atoms with E-state index in [0.717, 1.165) is 72.5 Å². The van der Waals surface area contributed by atoms with Crippen molar-refractivity contribution in [2.24, 2.45) is 7.05 Å². The van der Waals surface area contributed by atoms with Crippen LogP contribution >= 0.6 is 0 Å². The van der Waals surface area contributed by atoms with Gasteiger partial charge in [-0.1, -0.05) is 108 Å². The third kappa shape index (κ3) is 6.13. The Morgan fingerprint density at radius 3 is 1.84 bits per heavy atom. The first-order valence-electron chi connectivity index (χ1n) is 16.8. The van der Waals surface area contributed by atoms with Gasteiger partial charge >= 0.3 is 0 Å². The number of phenolic OH excluding ortho intramolecular Hbond substituents is 1. The summed E-state index contributed by atoms with van der Waals surface area (Å²) in [5, 5.41) is 11.8. The number of hydrogen-bond acceptors (Lipinski definition) is 4. The molecule has 244 valence electrons. The molecule has 0 saturated carbocycles. The summed E-state index contributed by atoms with van der Waals surface area (Å²) in [6.07, 6.45) is 3.72. The summed E-state index contributed by atoms with van der Waals surface area (Å²) in [7, 11) is 2.01. The van der Waals surface area contributed by atoms with Crippen molar-refractivity contribution in [2.75, 3.05) is 0 Å². The molecule has 7 rings (SSSR count). The van der Waals surface area contributed by atoms with Crippen molar-refractivity contribution in [2.45, 2.75) is 52.4 Å². The third-order valence-electron chi connectivity index (χ3n) is 9.30. The summed E-state index contributed by atoms with van der Waals surface area (Å²) in [6.45, 7) is 13.0. The summed E-state index contributed by atoms with van der Waals surface area (Å²) >= 11 is 0. The van der Waals surface area contributed by atoms with Crippen LogP contribution in [-0.2, 0) is 17.9 Å². The maximum Gasteiger partial charge on any atom is 0.144 e. The number of rotatable bonds is 5. The number of aromatic hydroxyl groups is 1. The number of fused-ring (bicyclic) bond motifs is 1. The molecule has 0 bridgehead atoms. The van der Waals surface area contributed by atoms with E-state index in [1.54, 1.807) is 0 Å². The Labute approximate surface area is 289 Å². The van der Waals surface area contributed by atoms with Gasteiger partial charge in [0.2, 0.25) is 0 Å². The highest BCUT2D eigenvalue weighted by atomic mass is 16.3. The zero-order chi connectivity index (χ0) is 34.5. The molecule has 0 fully saturated rings. The van der Waals surface area contributed by atoms with Gasteiger partial charge in [0, 0.05) is 36.1 Å². The second-order valence-corrected chi connectivity index (χ2v) is 14.9. The predicted molar refractivity (Wildman–Crippen MR) is 203 cm³/mol. The van der Waals surface area contributed by atoms with Gasteiger partial charge in [-0.3, -0.25) is 9.97 Å². The van der Waals surface area contributed by atoms with Crippen LogP contribution in [0.2, 0.25) is 0 Å². The molecule has 0 amide bonds. The summed E-state index contributed by atoms with van der Waals surface area (Å²) in [5.41, 5.74) is 12.2. The zero-order valence-corrected chi connectivity index (χ0v) is 29.3. The van der Waals surface area contributed by atoms with E-state index in [4.69, 9.17) is 15.0 Å². The van der Waals surface area contributed by atoms with Gasteiger partial charge in [-0.05, 0) is 81.1 Å². The molecule has 1 N–H and O–H groups in total. The van der Waals surface area contributed by atoms with Crippen molar-refractivity contribution in [1.82, 2.24) is 19.5 Å². The van der Waals surface area contributed by atoms with Crippen molar-refractivity contribution in [3.8, 4) is 61.9 Å². The fourth-order valence-electron chi connectivity index (χ4n) is 6.49. The SMILES string of the molecule is Cn1c(-c2cc(C(C)(C)C)cc(C(C)(C)C)c2O)nc2c(-c3cc(-c4ccccc4)cc(-c4cc(-c5ccccc5)ccn4)c3)nccc21. The number of aryl methyl sites for hydroxylation is 1. The second-order valence-electron chi connectivity index (χ2n) is 14.9. The quantitative estimate of drug-likeness (QED) is 0.203. The average molecular weight is 643 g/mol. The van der Waals surface area contributed by atoms with Gasteiger partial charge in [0.15, 0.2) is 0 Å². The maximum absolute atomic E-state index is 11.8.